The molecule has 164 valence electrons. The molecule has 1 N–H and O–H groups in total. The van der Waals surface area contributed by atoms with E-state index >= 15 is 0 Å². The summed E-state index contributed by atoms with van der Waals surface area (Å²) in [6, 6.07) is 13.1. The number of urea groups is 1. The average Bonchev–Trinajstić information content (AvgIpc) is 3.16. The molecule has 2 aliphatic rings. The Morgan fingerprint density at radius 2 is 1.87 bits per heavy atom. The summed E-state index contributed by atoms with van der Waals surface area (Å²) in [7, 11) is 0. The molecule has 7 heteroatoms. The zero-order valence-electron chi connectivity index (χ0n) is 18.3. The summed E-state index contributed by atoms with van der Waals surface area (Å²) in [5.74, 6) is -0.578. The lowest BCUT2D eigenvalue weighted by molar-refractivity contribution is -0.157. The van der Waals surface area contributed by atoms with Gasteiger partial charge in [-0.25, -0.2) is 4.79 Å². The van der Waals surface area contributed by atoms with Crippen LogP contribution in [0.5, 0.6) is 0 Å². The zero-order valence-corrected chi connectivity index (χ0v) is 18.3. The fraction of sp³-hybridized carbons (Fsp3) is 0.458. The van der Waals surface area contributed by atoms with Crippen molar-refractivity contribution in [1.29, 1.82) is 0 Å². The highest BCUT2D eigenvalue weighted by atomic mass is 16.6. The number of hydrogen-bond acceptors (Lipinski definition) is 4. The number of nitrogens with zero attached hydrogens (tertiary/aromatic N) is 2. The molecule has 31 heavy (non-hydrogen) atoms. The largest absolute Gasteiger partial charge is 0.459 e. The van der Waals surface area contributed by atoms with Crippen LogP contribution in [0.2, 0.25) is 0 Å². The highest BCUT2D eigenvalue weighted by Crippen LogP contribution is 2.26. The monoisotopic (exact) mass is 423 g/mol. The molecule has 4 rings (SSSR count). The third kappa shape index (κ3) is 4.65. The van der Waals surface area contributed by atoms with Crippen molar-refractivity contribution < 1.29 is 19.1 Å². The van der Waals surface area contributed by atoms with Gasteiger partial charge in [-0.05, 0) is 49.9 Å². The van der Waals surface area contributed by atoms with Crippen molar-refractivity contribution in [1.82, 2.24) is 15.1 Å². The van der Waals surface area contributed by atoms with Gasteiger partial charge in [0.2, 0.25) is 5.91 Å². The number of carbonyl (C=O) groups is 3. The van der Waals surface area contributed by atoms with Gasteiger partial charge in [0.05, 0.1) is 0 Å². The number of nitrogens with one attached hydrogen (secondary N) is 1. The summed E-state index contributed by atoms with van der Waals surface area (Å²) < 4.78 is 5.40. The third-order valence-electron chi connectivity index (χ3n) is 5.69. The Hall–Kier alpha value is -3.09. The van der Waals surface area contributed by atoms with E-state index in [1.165, 1.54) is 4.90 Å². The standard InChI is InChI=1S/C24H29N3O4/c1-24(2,3)31-21(28)15-27-20-9-6-12-26(20)22(29)19(25-23(27)30)14-16-10-11-17-7-4-5-8-18(17)13-16/h4-5,7-8,10-11,13,19-20H,6,9,12,14-15H2,1-3H3,(H,25,30)/t19-,20+/m0/s1. The Morgan fingerprint density at radius 3 is 2.61 bits per heavy atom. The second kappa shape index (κ2) is 8.21. The van der Waals surface area contributed by atoms with E-state index in [0.717, 1.165) is 22.8 Å². The van der Waals surface area contributed by atoms with Crippen LogP contribution in [0.25, 0.3) is 10.8 Å². The van der Waals surface area contributed by atoms with Crippen molar-refractivity contribution in [3.63, 3.8) is 0 Å². The Kier molecular flexibility index (Phi) is 5.60. The summed E-state index contributed by atoms with van der Waals surface area (Å²) in [4.78, 5) is 41.9. The molecule has 2 heterocycles. The molecule has 2 aromatic rings. The molecule has 2 aromatic carbocycles. The lowest BCUT2D eigenvalue weighted by Gasteiger charge is -2.32. The van der Waals surface area contributed by atoms with Crippen molar-refractivity contribution in [2.75, 3.05) is 13.1 Å². The third-order valence-corrected chi connectivity index (χ3v) is 5.69. The van der Waals surface area contributed by atoms with Crippen LogP contribution in [-0.2, 0) is 20.7 Å². The highest BCUT2D eigenvalue weighted by Gasteiger charge is 2.43. The van der Waals surface area contributed by atoms with Gasteiger partial charge in [-0.3, -0.25) is 14.5 Å². The predicted octanol–water partition coefficient (Wildman–Crippen LogP) is 3.07. The molecular formula is C24H29N3O4. The van der Waals surface area contributed by atoms with Crippen LogP contribution >= 0.6 is 0 Å². The molecule has 3 amide bonds. The van der Waals surface area contributed by atoms with Crippen molar-refractivity contribution in [3.8, 4) is 0 Å². The van der Waals surface area contributed by atoms with Gasteiger partial charge in [-0.2, -0.15) is 0 Å². The minimum atomic E-state index is -0.669. The smallest absolute Gasteiger partial charge is 0.326 e. The minimum Gasteiger partial charge on any atom is -0.459 e. The number of benzene rings is 2. The fourth-order valence-electron chi connectivity index (χ4n) is 4.39. The fourth-order valence-corrected chi connectivity index (χ4v) is 4.39. The average molecular weight is 424 g/mol. The SMILES string of the molecule is CC(C)(C)OC(=O)CN1C(=O)N[C@@H](Cc2ccc3ccccc3c2)C(=O)N2CCC[C@@H]12. The summed E-state index contributed by atoms with van der Waals surface area (Å²) in [6.07, 6.45) is 1.45. The van der Waals surface area contributed by atoms with Crippen LogP contribution in [0.15, 0.2) is 42.5 Å². The molecule has 2 fully saturated rings. The normalized spacial score (nSPS) is 21.6. The molecule has 0 saturated carbocycles. The molecular weight excluding hydrogens is 394 g/mol. The minimum absolute atomic E-state index is 0.101. The molecule has 0 radical (unpaired) electrons. The zero-order chi connectivity index (χ0) is 22.2. The van der Waals surface area contributed by atoms with Crippen LogP contribution in [0, 0.1) is 0 Å². The van der Waals surface area contributed by atoms with E-state index in [-0.39, 0.29) is 12.5 Å². The van der Waals surface area contributed by atoms with Gasteiger partial charge < -0.3 is 15.0 Å². The first-order valence-corrected chi connectivity index (χ1v) is 10.8. The second-order valence-corrected chi connectivity index (χ2v) is 9.26. The maximum Gasteiger partial charge on any atom is 0.326 e. The predicted molar refractivity (Wildman–Crippen MR) is 117 cm³/mol. The van der Waals surface area contributed by atoms with Gasteiger partial charge in [0.1, 0.15) is 24.4 Å². The van der Waals surface area contributed by atoms with Crippen molar-refractivity contribution >= 4 is 28.7 Å². The van der Waals surface area contributed by atoms with Crippen LogP contribution in [0.3, 0.4) is 0 Å². The van der Waals surface area contributed by atoms with E-state index in [1.807, 2.05) is 36.4 Å². The van der Waals surface area contributed by atoms with E-state index in [9.17, 15) is 14.4 Å². The number of carbonyl (C=O) groups excluding carboxylic acids is 3. The first-order chi connectivity index (χ1) is 14.7. The Balaban J connectivity index is 1.55. The van der Waals surface area contributed by atoms with Crippen molar-refractivity contribution in [2.24, 2.45) is 0 Å². The molecule has 0 unspecified atom stereocenters. The molecule has 0 aromatic heterocycles. The van der Waals surface area contributed by atoms with Gasteiger partial charge in [-0.1, -0.05) is 42.5 Å². The van der Waals surface area contributed by atoms with Crippen LogP contribution in [0.4, 0.5) is 4.79 Å². The molecule has 2 aliphatic heterocycles. The second-order valence-electron chi connectivity index (χ2n) is 9.26. The number of hydrogen-bond donors (Lipinski definition) is 1. The molecule has 2 saturated heterocycles. The van der Waals surface area contributed by atoms with Crippen molar-refractivity contribution in [3.05, 3.63) is 48.0 Å². The topological polar surface area (TPSA) is 79.0 Å². The van der Waals surface area contributed by atoms with Gasteiger partial charge in [-0.15, -0.1) is 0 Å². The van der Waals surface area contributed by atoms with Gasteiger partial charge in [0.25, 0.3) is 0 Å². The number of ether oxygens (including phenoxy) is 1. The van der Waals surface area contributed by atoms with Crippen molar-refractivity contribution in [2.45, 2.75) is 57.8 Å². The molecule has 2 atom stereocenters. The summed E-state index contributed by atoms with van der Waals surface area (Å²) >= 11 is 0. The van der Waals surface area contributed by atoms with E-state index in [1.54, 1.807) is 25.7 Å². The summed E-state index contributed by atoms with van der Waals surface area (Å²) in [6.45, 7) is 5.77. The molecule has 7 nitrogen and oxygen atoms in total. The first-order valence-electron chi connectivity index (χ1n) is 10.8. The lowest BCUT2D eigenvalue weighted by Crippen LogP contribution is -2.50. The Morgan fingerprint density at radius 1 is 1.13 bits per heavy atom. The number of fused-ring (bicyclic) bond motifs is 2. The summed E-state index contributed by atoms with van der Waals surface area (Å²) in [5, 5.41) is 5.09. The van der Waals surface area contributed by atoms with Gasteiger partial charge >= 0.3 is 12.0 Å². The Labute approximate surface area is 182 Å². The lowest BCUT2D eigenvalue weighted by atomic mass is 10.0. The van der Waals surface area contributed by atoms with E-state index in [2.05, 4.69) is 11.4 Å². The van der Waals surface area contributed by atoms with Crippen LogP contribution < -0.4 is 5.32 Å². The molecule has 0 spiro atoms. The number of esters is 1. The van der Waals surface area contributed by atoms with E-state index in [4.69, 9.17) is 4.74 Å². The van der Waals surface area contributed by atoms with E-state index < -0.39 is 29.8 Å². The maximum atomic E-state index is 13.3. The number of amides is 3. The van der Waals surface area contributed by atoms with E-state index in [0.29, 0.717) is 19.4 Å². The van der Waals surface area contributed by atoms with Crippen LogP contribution in [0.1, 0.15) is 39.2 Å². The Bertz CT molecular complexity index is 1010. The quantitative estimate of drug-likeness (QED) is 0.767. The van der Waals surface area contributed by atoms with Gasteiger partial charge in [0.15, 0.2) is 0 Å². The highest BCUT2D eigenvalue weighted by molar-refractivity contribution is 5.91. The maximum absolute atomic E-state index is 13.3. The first kappa shape index (κ1) is 21.2. The number of rotatable bonds is 4. The van der Waals surface area contributed by atoms with Gasteiger partial charge in [0, 0.05) is 13.0 Å². The molecule has 0 aliphatic carbocycles. The summed E-state index contributed by atoms with van der Waals surface area (Å²) in [5.41, 5.74) is 0.345. The van der Waals surface area contributed by atoms with Crippen LogP contribution in [-0.4, -0.2) is 58.6 Å². The molecule has 0 bridgehead atoms.